The van der Waals surface area contributed by atoms with Gasteiger partial charge in [0.15, 0.2) is 0 Å². The molecule has 1 saturated heterocycles. The summed E-state index contributed by atoms with van der Waals surface area (Å²) in [6.07, 6.45) is 5.42. The summed E-state index contributed by atoms with van der Waals surface area (Å²) in [5, 5.41) is 3.07. The molecule has 5 rings (SSSR count). The van der Waals surface area contributed by atoms with Crippen LogP contribution in [0.2, 0.25) is 0 Å². The standard InChI is InChI=1S/C25H23N3O2/c29-23(19-9-6-15-26-17-19)28-16-14-25(20-10-4-5-11-21(20)27-24(25)30)22(28)13-12-18-7-2-1-3-8-18/h1-11,15,17,22H,12-14,16H2,(H,27,30)/t22-,25+/m0/s1. The molecule has 0 unspecified atom stereocenters. The lowest BCUT2D eigenvalue weighted by Crippen LogP contribution is -2.49. The normalized spacial score (nSPS) is 22.2. The van der Waals surface area contributed by atoms with Crippen molar-refractivity contribution >= 4 is 17.5 Å². The molecule has 1 spiro atoms. The summed E-state index contributed by atoms with van der Waals surface area (Å²) in [5.74, 6) is -0.0570. The van der Waals surface area contributed by atoms with Gasteiger partial charge in [-0.2, -0.15) is 0 Å². The van der Waals surface area contributed by atoms with Crippen molar-refractivity contribution in [3.05, 3.63) is 95.8 Å². The zero-order valence-electron chi connectivity index (χ0n) is 16.6. The van der Waals surface area contributed by atoms with E-state index in [1.54, 1.807) is 24.5 Å². The maximum absolute atomic E-state index is 13.4. The van der Waals surface area contributed by atoms with E-state index in [2.05, 4.69) is 22.4 Å². The summed E-state index contributed by atoms with van der Waals surface area (Å²) in [7, 11) is 0. The predicted octanol–water partition coefficient (Wildman–Crippen LogP) is 3.82. The van der Waals surface area contributed by atoms with Crippen LogP contribution in [0.3, 0.4) is 0 Å². The number of carbonyl (C=O) groups is 2. The number of anilines is 1. The van der Waals surface area contributed by atoms with Crippen LogP contribution in [0.15, 0.2) is 79.1 Å². The van der Waals surface area contributed by atoms with Gasteiger partial charge in [-0.25, -0.2) is 0 Å². The highest BCUT2D eigenvalue weighted by atomic mass is 16.2. The Bertz CT molecular complexity index is 1080. The van der Waals surface area contributed by atoms with Crippen molar-refractivity contribution in [1.29, 1.82) is 0 Å². The lowest BCUT2D eigenvalue weighted by atomic mass is 9.73. The zero-order valence-corrected chi connectivity index (χ0v) is 16.6. The van der Waals surface area contributed by atoms with Crippen molar-refractivity contribution < 1.29 is 9.59 Å². The molecule has 0 saturated carbocycles. The summed E-state index contributed by atoms with van der Waals surface area (Å²) in [6.45, 7) is 0.551. The molecule has 1 N–H and O–H groups in total. The van der Waals surface area contributed by atoms with Crippen LogP contribution in [0.1, 0.15) is 34.3 Å². The molecule has 0 aliphatic carbocycles. The van der Waals surface area contributed by atoms with Crippen LogP contribution in [0.4, 0.5) is 5.69 Å². The molecule has 2 atom stereocenters. The Labute approximate surface area is 175 Å². The van der Waals surface area contributed by atoms with Gasteiger partial charge in [0.25, 0.3) is 5.91 Å². The number of benzene rings is 2. The molecule has 1 fully saturated rings. The van der Waals surface area contributed by atoms with Crippen LogP contribution in [-0.2, 0) is 16.6 Å². The molecule has 2 aromatic carbocycles. The second kappa shape index (κ2) is 7.41. The van der Waals surface area contributed by atoms with Gasteiger partial charge in [0.1, 0.15) is 0 Å². The molecular weight excluding hydrogens is 374 g/mol. The molecule has 2 amide bonds. The number of carbonyl (C=O) groups excluding carboxylic acids is 2. The number of likely N-dealkylation sites (tertiary alicyclic amines) is 1. The minimum atomic E-state index is -0.705. The van der Waals surface area contributed by atoms with E-state index in [1.165, 1.54) is 5.56 Å². The molecule has 1 aromatic heterocycles. The van der Waals surface area contributed by atoms with Crippen LogP contribution in [-0.4, -0.2) is 34.3 Å². The molecule has 5 heteroatoms. The van der Waals surface area contributed by atoms with Crippen LogP contribution < -0.4 is 5.32 Å². The minimum absolute atomic E-state index is 0.00301. The molecule has 2 aliphatic heterocycles. The zero-order chi connectivity index (χ0) is 20.6. The first-order chi connectivity index (χ1) is 14.7. The molecule has 30 heavy (non-hydrogen) atoms. The summed E-state index contributed by atoms with van der Waals surface area (Å²) in [4.78, 5) is 32.7. The number of nitrogens with one attached hydrogen (secondary N) is 1. The van der Waals surface area contributed by atoms with Crippen molar-refractivity contribution in [3.63, 3.8) is 0 Å². The fourth-order valence-corrected chi connectivity index (χ4v) is 5.05. The SMILES string of the molecule is O=C(c1cccnc1)N1CC[C@]2(C(=O)Nc3ccccc32)[C@@H]1CCc1ccccc1. The first-order valence-electron chi connectivity index (χ1n) is 10.4. The van der Waals surface area contributed by atoms with E-state index in [1.807, 2.05) is 47.4 Å². The second-order valence-electron chi connectivity index (χ2n) is 8.00. The fourth-order valence-electron chi connectivity index (χ4n) is 5.05. The molecule has 5 nitrogen and oxygen atoms in total. The van der Waals surface area contributed by atoms with Crippen molar-refractivity contribution in [2.75, 3.05) is 11.9 Å². The molecule has 2 aliphatic rings. The van der Waals surface area contributed by atoms with Gasteiger partial charge in [-0.3, -0.25) is 14.6 Å². The molecule has 0 bridgehead atoms. The van der Waals surface area contributed by atoms with E-state index in [0.717, 1.165) is 24.1 Å². The van der Waals surface area contributed by atoms with Crippen LogP contribution in [0, 0.1) is 0 Å². The van der Waals surface area contributed by atoms with E-state index in [0.29, 0.717) is 18.5 Å². The van der Waals surface area contributed by atoms with Crippen molar-refractivity contribution in [1.82, 2.24) is 9.88 Å². The Kier molecular flexibility index (Phi) is 4.58. The maximum Gasteiger partial charge on any atom is 0.255 e. The van der Waals surface area contributed by atoms with E-state index in [-0.39, 0.29) is 17.9 Å². The Morgan fingerprint density at radius 3 is 2.67 bits per heavy atom. The van der Waals surface area contributed by atoms with Crippen LogP contribution >= 0.6 is 0 Å². The van der Waals surface area contributed by atoms with Gasteiger partial charge in [0.2, 0.25) is 5.91 Å². The monoisotopic (exact) mass is 397 g/mol. The number of aryl methyl sites for hydroxylation is 1. The Morgan fingerprint density at radius 2 is 1.87 bits per heavy atom. The van der Waals surface area contributed by atoms with Crippen LogP contribution in [0.5, 0.6) is 0 Å². The maximum atomic E-state index is 13.4. The average molecular weight is 397 g/mol. The van der Waals surface area contributed by atoms with Gasteiger partial charge in [0, 0.05) is 24.6 Å². The number of para-hydroxylation sites is 1. The van der Waals surface area contributed by atoms with Gasteiger partial charge >= 0.3 is 0 Å². The summed E-state index contributed by atoms with van der Waals surface area (Å²) >= 11 is 0. The van der Waals surface area contributed by atoms with Gasteiger partial charge < -0.3 is 10.2 Å². The van der Waals surface area contributed by atoms with Crippen molar-refractivity contribution in [3.8, 4) is 0 Å². The third-order valence-electron chi connectivity index (χ3n) is 6.47. The number of fused-ring (bicyclic) bond motifs is 2. The topological polar surface area (TPSA) is 62.3 Å². The number of amides is 2. The number of pyridine rings is 1. The minimum Gasteiger partial charge on any atom is -0.334 e. The van der Waals surface area contributed by atoms with Gasteiger partial charge in [-0.15, -0.1) is 0 Å². The number of hydrogen-bond acceptors (Lipinski definition) is 3. The van der Waals surface area contributed by atoms with Crippen LogP contribution in [0.25, 0.3) is 0 Å². The quantitative estimate of drug-likeness (QED) is 0.728. The lowest BCUT2D eigenvalue weighted by molar-refractivity contribution is -0.121. The molecule has 3 aromatic rings. The first-order valence-corrected chi connectivity index (χ1v) is 10.4. The van der Waals surface area contributed by atoms with Crippen molar-refractivity contribution in [2.24, 2.45) is 0 Å². The third kappa shape index (κ3) is 2.89. The fraction of sp³-hybridized carbons (Fsp3) is 0.240. The number of rotatable bonds is 4. The van der Waals surface area contributed by atoms with E-state index in [9.17, 15) is 9.59 Å². The lowest BCUT2D eigenvalue weighted by Gasteiger charge is -2.34. The summed E-state index contributed by atoms with van der Waals surface area (Å²) < 4.78 is 0. The Hall–Kier alpha value is -3.47. The highest BCUT2D eigenvalue weighted by molar-refractivity contribution is 6.08. The number of aromatic nitrogens is 1. The van der Waals surface area contributed by atoms with E-state index >= 15 is 0 Å². The molecule has 150 valence electrons. The Morgan fingerprint density at radius 1 is 1.07 bits per heavy atom. The predicted molar refractivity (Wildman–Crippen MR) is 115 cm³/mol. The third-order valence-corrected chi connectivity index (χ3v) is 6.47. The Balaban J connectivity index is 1.54. The van der Waals surface area contributed by atoms with E-state index < -0.39 is 5.41 Å². The molecule has 3 heterocycles. The van der Waals surface area contributed by atoms with E-state index in [4.69, 9.17) is 0 Å². The molecular formula is C25H23N3O2. The smallest absolute Gasteiger partial charge is 0.255 e. The number of nitrogens with zero attached hydrogens (tertiary/aromatic N) is 2. The van der Waals surface area contributed by atoms with Gasteiger partial charge in [0.05, 0.1) is 17.0 Å². The largest absolute Gasteiger partial charge is 0.334 e. The molecule has 0 radical (unpaired) electrons. The summed E-state index contributed by atoms with van der Waals surface area (Å²) in [6, 6.07) is 21.5. The number of hydrogen-bond donors (Lipinski definition) is 1. The highest BCUT2D eigenvalue weighted by Gasteiger charge is 2.58. The highest BCUT2D eigenvalue weighted by Crippen LogP contribution is 2.49. The van der Waals surface area contributed by atoms with Gasteiger partial charge in [-0.1, -0.05) is 48.5 Å². The second-order valence-corrected chi connectivity index (χ2v) is 8.00. The van der Waals surface area contributed by atoms with Gasteiger partial charge in [-0.05, 0) is 48.6 Å². The average Bonchev–Trinajstić information content (AvgIpc) is 3.32. The summed E-state index contributed by atoms with van der Waals surface area (Å²) in [5.41, 5.74) is 2.94. The van der Waals surface area contributed by atoms with Crippen molar-refractivity contribution in [2.45, 2.75) is 30.7 Å². The first kappa shape index (κ1) is 18.6.